The molecule has 1 fully saturated rings. The zero-order valence-electron chi connectivity index (χ0n) is 9.38. The van der Waals surface area contributed by atoms with Crippen molar-refractivity contribution in [3.05, 3.63) is 33.3 Å². The van der Waals surface area contributed by atoms with Crippen molar-refractivity contribution in [2.24, 2.45) is 0 Å². The number of carbonyl (C=O) groups is 1. The molecule has 0 atom stereocenters. The summed E-state index contributed by atoms with van der Waals surface area (Å²) in [5, 5.41) is 3.60. The number of hydrogen-bond donors (Lipinski definition) is 1. The Balaban J connectivity index is 2.06. The second-order valence-corrected chi connectivity index (χ2v) is 5.47. The fourth-order valence-electron chi connectivity index (χ4n) is 1.89. The lowest BCUT2D eigenvalue weighted by atomic mass is 10.2. The number of carbonyl (C=O) groups excluding carboxylic acids is 1. The monoisotopic (exact) mass is 316 g/mol. The van der Waals surface area contributed by atoms with E-state index in [4.69, 9.17) is 11.6 Å². The van der Waals surface area contributed by atoms with Gasteiger partial charge < -0.3 is 5.32 Å². The van der Waals surface area contributed by atoms with Gasteiger partial charge in [0.15, 0.2) is 0 Å². The minimum atomic E-state index is 0.0933. The molecule has 1 aliphatic heterocycles. The summed E-state index contributed by atoms with van der Waals surface area (Å²) >= 11 is 9.55. The van der Waals surface area contributed by atoms with Gasteiger partial charge in [0.05, 0.1) is 6.54 Å². The highest BCUT2D eigenvalue weighted by Gasteiger charge is 2.15. The number of halogens is 2. The Bertz CT molecular complexity index is 425. The van der Waals surface area contributed by atoms with Crippen LogP contribution in [-0.2, 0) is 11.3 Å². The third-order valence-electron chi connectivity index (χ3n) is 2.75. The number of hydrogen-bond acceptors (Lipinski definition) is 2. The molecule has 5 heteroatoms. The predicted molar refractivity (Wildman–Crippen MR) is 72.1 cm³/mol. The van der Waals surface area contributed by atoms with E-state index in [1.807, 2.05) is 18.2 Å². The number of amides is 1. The van der Waals surface area contributed by atoms with E-state index in [1.54, 1.807) is 0 Å². The van der Waals surface area contributed by atoms with Crippen molar-refractivity contribution >= 4 is 33.4 Å². The SMILES string of the molecule is O=C1CN(Cc2ccc(Br)cc2Cl)CCCN1. The van der Waals surface area contributed by atoms with Crippen LogP contribution in [0, 0.1) is 0 Å². The van der Waals surface area contributed by atoms with E-state index in [1.165, 1.54) is 0 Å². The van der Waals surface area contributed by atoms with E-state index in [0.29, 0.717) is 6.54 Å². The fourth-order valence-corrected chi connectivity index (χ4v) is 2.63. The highest BCUT2D eigenvalue weighted by atomic mass is 79.9. The topological polar surface area (TPSA) is 32.3 Å². The molecule has 1 aromatic carbocycles. The van der Waals surface area contributed by atoms with Crippen molar-refractivity contribution < 1.29 is 4.79 Å². The van der Waals surface area contributed by atoms with E-state index in [9.17, 15) is 4.79 Å². The van der Waals surface area contributed by atoms with E-state index >= 15 is 0 Å². The van der Waals surface area contributed by atoms with Gasteiger partial charge in [-0.25, -0.2) is 0 Å². The number of nitrogens with zero attached hydrogens (tertiary/aromatic N) is 1. The molecule has 1 saturated heterocycles. The molecule has 0 spiro atoms. The second-order valence-electron chi connectivity index (χ2n) is 4.15. The normalized spacial score (nSPS) is 17.6. The highest BCUT2D eigenvalue weighted by Crippen LogP contribution is 2.22. The van der Waals surface area contributed by atoms with Gasteiger partial charge in [0.2, 0.25) is 5.91 Å². The zero-order chi connectivity index (χ0) is 12.3. The van der Waals surface area contributed by atoms with E-state index in [2.05, 4.69) is 26.1 Å². The Morgan fingerprint density at radius 3 is 3.06 bits per heavy atom. The Labute approximate surface area is 114 Å². The molecule has 2 rings (SSSR count). The van der Waals surface area contributed by atoms with Crippen LogP contribution in [0.2, 0.25) is 5.02 Å². The fraction of sp³-hybridized carbons (Fsp3) is 0.417. The van der Waals surface area contributed by atoms with Crippen molar-refractivity contribution in [3.63, 3.8) is 0 Å². The maximum Gasteiger partial charge on any atom is 0.234 e. The van der Waals surface area contributed by atoms with Gasteiger partial charge in [-0.15, -0.1) is 0 Å². The lowest BCUT2D eigenvalue weighted by molar-refractivity contribution is -0.121. The van der Waals surface area contributed by atoms with Crippen molar-refractivity contribution in [2.45, 2.75) is 13.0 Å². The average molecular weight is 318 g/mol. The van der Waals surface area contributed by atoms with Crippen LogP contribution in [0.15, 0.2) is 22.7 Å². The summed E-state index contributed by atoms with van der Waals surface area (Å²) in [6, 6.07) is 5.85. The third-order valence-corrected chi connectivity index (χ3v) is 3.59. The molecule has 1 heterocycles. The summed E-state index contributed by atoms with van der Waals surface area (Å²) < 4.78 is 0.972. The largest absolute Gasteiger partial charge is 0.355 e. The summed E-state index contributed by atoms with van der Waals surface area (Å²) in [7, 11) is 0. The van der Waals surface area contributed by atoms with Crippen LogP contribution in [-0.4, -0.2) is 30.4 Å². The van der Waals surface area contributed by atoms with Crippen LogP contribution >= 0.6 is 27.5 Å². The highest BCUT2D eigenvalue weighted by molar-refractivity contribution is 9.10. The summed E-state index contributed by atoms with van der Waals surface area (Å²) in [6.45, 7) is 2.86. The molecule has 17 heavy (non-hydrogen) atoms. The van der Waals surface area contributed by atoms with E-state index < -0.39 is 0 Å². The molecule has 3 nitrogen and oxygen atoms in total. The Hall–Kier alpha value is -0.580. The standard InChI is InChI=1S/C12H14BrClN2O/c13-10-3-2-9(11(14)6-10)7-16-5-1-4-15-12(17)8-16/h2-3,6H,1,4-5,7-8H2,(H,15,17). The lowest BCUT2D eigenvalue weighted by Gasteiger charge is -2.19. The van der Waals surface area contributed by atoms with Crippen molar-refractivity contribution in [2.75, 3.05) is 19.6 Å². The van der Waals surface area contributed by atoms with E-state index in [-0.39, 0.29) is 5.91 Å². The quantitative estimate of drug-likeness (QED) is 0.908. The molecule has 0 saturated carbocycles. The summed E-state index contributed by atoms with van der Waals surface area (Å²) in [4.78, 5) is 13.6. The molecule has 0 radical (unpaired) electrons. The van der Waals surface area contributed by atoms with Crippen LogP contribution in [0.4, 0.5) is 0 Å². The van der Waals surface area contributed by atoms with Crippen LogP contribution in [0.3, 0.4) is 0 Å². The summed E-state index contributed by atoms with van der Waals surface area (Å²) in [5.41, 5.74) is 1.06. The van der Waals surface area contributed by atoms with Gasteiger partial charge in [0.1, 0.15) is 0 Å². The van der Waals surface area contributed by atoms with Gasteiger partial charge in [-0.05, 0) is 24.1 Å². The molecular formula is C12H14BrClN2O. The van der Waals surface area contributed by atoms with Gasteiger partial charge in [0, 0.05) is 29.1 Å². The summed E-state index contributed by atoms with van der Waals surface area (Å²) in [6.07, 6.45) is 0.986. The first-order chi connectivity index (χ1) is 8.15. The maximum atomic E-state index is 11.4. The predicted octanol–water partition coefficient (Wildman–Crippen LogP) is 2.42. The average Bonchev–Trinajstić information content (AvgIpc) is 2.47. The number of rotatable bonds is 2. The summed E-state index contributed by atoms with van der Waals surface area (Å²) in [5.74, 6) is 0.0933. The minimum absolute atomic E-state index is 0.0933. The molecule has 92 valence electrons. The van der Waals surface area contributed by atoms with Crippen molar-refractivity contribution in [1.29, 1.82) is 0 Å². The van der Waals surface area contributed by atoms with Gasteiger partial charge in [-0.2, -0.15) is 0 Å². The van der Waals surface area contributed by atoms with Gasteiger partial charge in [-0.1, -0.05) is 33.6 Å². The van der Waals surface area contributed by atoms with Crippen LogP contribution in [0.25, 0.3) is 0 Å². The minimum Gasteiger partial charge on any atom is -0.355 e. The molecule has 0 aliphatic carbocycles. The third kappa shape index (κ3) is 3.69. The second kappa shape index (κ2) is 5.85. The van der Waals surface area contributed by atoms with Crippen LogP contribution in [0.1, 0.15) is 12.0 Å². The van der Waals surface area contributed by atoms with E-state index in [0.717, 1.165) is 41.1 Å². The molecule has 0 unspecified atom stereocenters. The maximum absolute atomic E-state index is 11.4. The Kier molecular flexibility index (Phi) is 4.42. The molecule has 0 bridgehead atoms. The molecule has 1 amide bonds. The molecule has 0 aromatic heterocycles. The van der Waals surface area contributed by atoms with Crippen molar-refractivity contribution in [1.82, 2.24) is 10.2 Å². The van der Waals surface area contributed by atoms with Crippen molar-refractivity contribution in [3.8, 4) is 0 Å². The Morgan fingerprint density at radius 2 is 2.29 bits per heavy atom. The molecule has 1 N–H and O–H groups in total. The first kappa shape index (κ1) is 12.9. The first-order valence-corrected chi connectivity index (χ1v) is 6.75. The number of nitrogens with one attached hydrogen (secondary N) is 1. The van der Waals surface area contributed by atoms with Gasteiger partial charge in [-0.3, -0.25) is 9.69 Å². The van der Waals surface area contributed by atoms with Crippen LogP contribution < -0.4 is 5.32 Å². The number of benzene rings is 1. The molecule has 1 aromatic rings. The van der Waals surface area contributed by atoms with Gasteiger partial charge in [0.25, 0.3) is 0 Å². The molecule has 1 aliphatic rings. The van der Waals surface area contributed by atoms with Crippen LogP contribution in [0.5, 0.6) is 0 Å². The first-order valence-electron chi connectivity index (χ1n) is 5.58. The molecular weight excluding hydrogens is 304 g/mol. The smallest absolute Gasteiger partial charge is 0.234 e. The van der Waals surface area contributed by atoms with Gasteiger partial charge >= 0.3 is 0 Å². The zero-order valence-corrected chi connectivity index (χ0v) is 11.7. The lowest BCUT2D eigenvalue weighted by Crippen LogP contribution is -2.32. The Morgan fingerprint density at radius 1 is 1.47 bits per heavy atom.